The average Bonchev–Trinajstić information content (AvgIpc) is 2.94. The summed E-state index contributed by atoms with van der Waals surface area (Å²) in [5.41, 5.74) is 1.48. The SMILES string of the molecule is CCCCCCc1cc(-c2cccs2)sc1Br. The van der Waals surface area contributed by atoms with Crippen LogP contribution in [0.25, 0.3) is 9.75 Å². The van der Waals surface area contributed by atoms with Crippen LogP contribution in [-0.2, 0) is 6.42 Å². The van der Waals surface area contributed by atoms with E-state index < -0.39 is 0 Å². The van der Waals surface area contributed by atoms with Crippen molar-refractivity contribution in [3.05, 3.63) is 32.9 Å². The van der Waals surface area contributed by atoms with Crippen LogP contribution in [0.1, 0.15) is 38.2 Å². The third-order valence-electron chi connectivity index (χ3n) is 2.82. The van der Waals surface area contributed by atoms with E-state index in [1.807, 2.05) is 22.7 Å². The zero-order valence-electron chi connectivity index (χ0n) is 10.0. The summed E-state index contributed by atoms with van der Waals surface area (Å²) < 4.78 is 1.32. The molecule has 2 heterocycles. The number of hydrogen-bond acceptors (Lipinski definition) is 2. The molecule has 0 spiro atoms. The van der Waals surface area contributed by atoms with Crippen LogP contribution in [-0.4, -0.2) is 0 Å². The molecule has 0 amide bonds. The topological polar surface area (TPSA) is 0 Å². The summed E-state index contributed by atoms with van der Waals surface area (Å²) in [6.45, 7) is 2.26. The number of halogens is 1. The minimum atomic E-state index is 1.21. The monoisotopic (exact) mass is 328 g/mol. The van der Waals surface area contributed by atoms with Crippen LogP contribution in [0.15, 0.2) is 27.4 Å². The van der Waals surface area contributed by atoms with Crippen LogP contribution < -0.4 is 0 Å². The minimum Gasteiger partial charge on any atom is -0.143 e. The van der Waals surface area contributed by atoms with Gasteiger partial charge in [-0.3, -0.25) is 0 Å². The first kappa shape index (κ1) is 13.3. The molecule has 0 atom stereocenters. The first-order valence-electron chi connectivity index (χ1n) is 6.13. The Morgan fingerprint density at radius 1 is 1.18 bits per heavy atom. The Labute approximate surface area is 120 Å². The third-order valence-corrected chi connectivity index (χ3v) is 5.85. The molecule has 0 aliphatic rings. The lowest BCUT2D eigenvalue weighted by molar-refractivity contribution is 0.667. The van der Waals surface area contributed by atoms with Crippen molar-refractivity contribution in [2.45, 2.75) is 39.0 Å². The smallest absolute Gasteiger partial charge is 0.0737 e. The van der Waals surface area contributed by atoms with E-state index in [0.717, 1.165) is 0 Å². The Morgan fingerprint density at radius 3 is 2.76 bits per heavy atom. The van der Waals surface area contributed by atoms with Gasteiger partial charge in [0.2, 0.25) is 0 Å². The normalized spacial score (nSPS) is 10.9. The zero-order valence-corrected chi connectivity index (χ0v) is 13.3. The van der Waals surface area contributed by atoms with Gasteiger partial charge in [0.1, 0.15) is 0 Å². The molecule has 0 aliphatic heterocycles. The van der Waals surface area contributed by atoms with Gasteiger partial charge >= 0.3 is 0 Å². The molecule has 0 aliphatic carbocycles. The second-order valence-corrected chi connectivity index (χ2v) is 7.52. The van der Waals surface area contributed by atoms with Gasteiger partial charge < -0.3 is 0 Å². The van der Waals surface area contributed by atoms with E-state index in [0.29, 0.717) is 0 Å². The Morgan fingerprint density at radius 2 is 2.06 bits per heavy atom. The van der Waals surface area contributed by atoms with Gasteiger partial charge in [-0.1, -0.05) is 32.3 Å². The van der Waals surface area contributed by atoms with Gasteiger partial charge in [0.25, 0.3) is 0 Å². The van der Waals surface area contributed by atoms with Crippen molar-refractivity contribution in [3.8, 4) is 9.75 Å². The van der Waals surface area contributed by atoms with Gasteiger partial charge in [-0.15, -0.1) is 22.7 Å². The van der Waals surface area contributed by atoms with Crippen molar-refractivity contribution in [1.29, 1.82) is 0 Å². The lowest BCUT2D eigenvalue weighted by Crippen LogP contribution is -1.83. The largest absolute Gasteiger partial charge is 0.143 e. The molecule has 0 saturated heterocycles. The number of aryl methyl sites for hydroxylation is 1. The highest BCUT2D eigenvalue weighted by molar-refractivity contribution is 9.11. The molecule has 0 bridgehead atoms. The highest BCUT2D eigenvalue weighted by Crippen LogP contribution is 2.37. The predicted molar refractivity (Wildman–Crippen MR) is 83.2 cm³/mol. The van der Waals surface area contributed by atoms with Gasteiger partial charge in [-0.25, -0.2) is 0 Å². The molecular formula is C14H17BrS2. The summed E-state index contributed by atoms with van der Waals surface area (Å²) in [7, 11) is 0. The fraction of sp³-hybridized carbons (Fsp3) is 0.429. The van der Waals surface area contributed by atoms with Crippen LogP contribution in [0.3, 0.4) is 0 Å². The fourth-order valence-corrected chi connectivity index (χ4v) is 4.46. The van der Waals surface area contributed by atoms with Gasteiger partial charge in [0.05, 0.1) is 3.79 Å². The predicted octanol–water partition coefficient (Wildman–Crippen LogP) is 6.36. The van der Waals surface area contributed by atoms with Crippen LogP contribution in [0.4, 0.5) is 0 Å². The first-order valence-corrected chi connectivity index (χ1v) is 8.62. The van der Waals surface area contributed by atoms with Crippen molar-refractivity contribution >= 4 is 38.6 Å². The molecule has 92 valence electrons. The van der Waals surface area contributed by atoms with E-state index >= 15 is 0 Å². The highest BCUT2D eigenvalue weighted by atomic mass is 79.9. The van der Waals surface area contributed by atoms with E-state index in [4.69, 9.17) is 0 Å². The molecule has 17 heavy (non-hydrogen) atoms. The molecule has 0 N–H and O–H groups in total. The van der Waals surface area contributed by atoms with Crippen LogP contribution >= 0.6 is 38.6 Å². The summed E-state index contributed by atoms with van der Waals surface area (Å²) in [4.78, 5) is 2.79. The molecule has 0 fully saturated rings. The van der Waals surface area contributed by atoms with Crippen molar-refractivity contribution in [2.24, 2.45) is 0 Å². The highest BCUT2D eigenvalue weighted by Gasteiger charge is 2.08. The van der Waals surface area contributed by atoms with Crippen molar-refractivity contribution < 1.29 is 0 Å². The fourth-order valence-electron chi connectivity index (χ4n) is 1.86. The lowest BCUT2D eigenvalue weighted by atomic mass is 10.1. The van der Waals surface area contributed by atoms with E-state index in [1.54, 1.807) is 0 Å². The molecule has 0 radical (unpaired) electrons. The number of hydrogen-bond donors (Lipinski definition) is 0. The van der Waals surface area contributed by atoms with Gasteiger partial charge in [0, 0.05) is 9.75 Å². The van der Waals surface area contributed by atoms with Crippen molar-refractivity contribution in [2.75, 3.05) is 0 Å². The summed E-state index contributed by atoms with van der Waals surface area (Å²) in [6, 6.07) is 6.67. The molecule has 2 aromatic heterocycles. The first-order chi connectivity index (χ1) is 8.31. The molecule has 2 rings (SSSR count). The maximum Gasteiger partial charge on any atom is 0.0737 e. The molecule has 0 unspecified atom stereocenters. The van der Waals surface area contributed by atoms with E-state index in [1.165, 1.54) is 51.2 Å². The standard InChI is InChI=1S/C14H17BrS2/c1-2-3-4-5-7-11-10-13(17-14(11)15)12-8-6-9-16-12/h6,8-10H,2-5,7H2,1H3. The van der Waals surface area contributed by atoms with E-state index in [9.17, 15) is 0 Å². The molecule has 0 nitrogen and oxygen atoms in total. The molecule has 3 heteroatoms. The minimum absolute atomic E-state index is 1.21. The summed E-state index contributed by atoms with van der Waals surface area (Å²) in [5, 5.41) is 2.14. The summed E-state index contributed by atoms with van der Waals surface area (Å²) >= 11 is 7.38. The zero-order chi connectivity index (χ0) is 12.1. The Hall–Kier alpha value is -0.120. The van der Waals surface area contributed by atoms with E-state index in [2.05, 4.69) is 46.4 Å². The second-order valence-electron chi connectivity index (χ2n) is 4.20. The summed E-state index contributed by atoms with van der Waals surface area (Å²) in [6.07, 6.45) is 6.55. The van der Waals surface area contributed by atoms with Crippen LogP contribution in [0.5, 0.6) is 0 Å². The van der Waals surface area contributed by atoms with Crippen LogP contribution in [0, 0.1) is 0 Å². The maximum atomic E-state index is 3.70. The van der Waals surface area contributed by atoms with Crippen LogP contribution in [0.2, 0.25) is 0 Å². The maximum absolute atomic E-state index is 3.70. The molecule has 0 aromatic carbocycles. The third kappa shape index (κ3) is 3.67. The Kier molecular flexibility index (Phi) is 5.26. The molecule has 0 saturated carbocycles. The average molecular weight is 329 g/mol. The molecular weight excluding hydrogens is 312 g/mol. The van der Waals surface area contributed by atoms with Gasteiger partial charge in [0.15, 0.2) is 0 Å². The number of unbranched alkanes of at least 4 members (excludes halogenated alkanes) is 3. The van der Waals surface area contributed by atoms with E-state index in [-0.39, 0.29) is 0 Å². The Balaban J connectivity index is 1.99. The lowest BCUT2D eigenvalue weighted by Gasteiger charge is -1.98. The van der Waals surface area contributed by atoms with Crippen molar-refractivity contribution in [3.63, 3.8) is 0 Å². The van der Waals surface area contributed by atoms with Crippen molar-refractivity contribution in [1.82, 2.24) is 0 Å². The molecule has 2 aromatic rings. The van der Waals surface area contributed by atoms with Gasteiger partial charge in [-0.05, 0) is 51.8 Å². The number of thiophene rings is 2. The second kappa shape index (κ2) is 6.72. The quantitative estimate of drug-likeness (QED) is 0.541. The summed E-state index contributed by atoms with van der Waals surface area (Å²) in [5.74, 6) is 0. The number of rotatable bonds is 6. The van der Waals surface area contributed by atoms with Gasteiger partial charge in [-0.2, -0.15) is 0 Å². The Bertz CT molecular complexity index is 443.